The smallest absolute Gasteiger partial charge is 0.153 e. The number of hydrogen-bond donors (Lipinski definition) is 2. The Kier molecular flexibility index (Phi) is 3.77. The minimum absolute atomic E-state index is 0.621. The highest BCUT2D eigenvalue weighted by Gasteiger charge is 2.18. The molecule has 2 aromatic rings. The first-order valence-electron chi connectivity index (χ1n) is 7.64. The van der Waals surface area contributed by atoms with Crippen molar-refractivity contribution in [2.45, 2.75) is 45.4 Å². The van der Waals surface area contributed by atoms with Crippen LogP contribution >= 0.6 is 0 Å². The molecule has 106 valence electrons. The third-order valence-electron chi connectivity index (χ3n) is 4.49. The second-order valence-corrected chi connectivity index (χ2v) is 6.02. The maximum Gasteiger partial charge on any atom is 0.153 e. The zero-order valence-corrected chi connectivity index (χ0v) is 12.2. The number of hydrogen-bond acceptors (Lipinski definition) is 2. The van der Waals surface area contributed by atoms with Crippen LogP contribution in [0.5, 0.6) is 0 Å². The average Bonchev–Trinajstić information content (AvgIpc) is 3.07. The Bertz CT molecular complexity index is 562. The molecule has 3 heteroatoms. The van der Waals surface area contributed by atoms with E-state index >= 15 is 0 Å². The van der Waals surface area contributed by atoms with Crippen molar-refractivity contribution in [3.63, 3.8) is 0 Å². The minimum Gasteiger partial charge on any atom is -0.382 e. The van der Waals surface area contributed by atoms with Crippen LogP contribution in [0.4, 0.5) is 5.82 Å². The fraction of sp³-hybridized carbons (Fsp3) is 0.471. The summed E-state index contributed by atoms with van der Waals surface area (Å²) in [5, 5.41) is 7.35. The molecule has 1 fully saturated rings. The summed E-state index contributed by atoms with van der Waals surface area (Å²) < 4.78 is 0. The van der Waals surface area contributed by atoms with Crippen molar-refractivity contribution >= 4 is 5.82 Å². The fourth-order valence-corrected chi connectivity index (χ4v) is 3.26. The van der Waals surface area contributed by atoms with Crippen molar-refractivity contribution in [3.05, 3.63) is 35.5 Å². The lowest BCUT2D eigenvalue weighted by Gasteiger charge is -2.09. The van der Waals surface area contributed by atoms with Gasteiger partial charge in [0.25, 0.3) is 0 Å². The molecular weight excluding hydrogens is 246 g/mol. The van der Waals surface area contributed by atoms with Crippen LogP contribution in [0.25, 0.3) is 11.1 Å². The van der Waals surface area contributed by atoms with Gasteiger partial charge in [0.2, 0.25) is 0 Å². The summed E-state index contributed by atoms with van der Waals surface area (Å²) in [7, 11) is 0. The van der Waals surface area contributed by atoms with E-state index in [9.17, 15) is 0 Å². The van der Waals surface area contributed by atoms with Gasteiger partial charge >= 0.3 is 0 Å². The summed E-state index contributed by atoms with van der Waals surface area (Å²) >= 11 is 0. The number of nitrogen functional groups attached to an aromatic ring is 1. The SMILES string of the molecule is Cc1ccc(-c2c(N)n[nH]c2CCC2CCCC2)cc1. The minimum atomic E-state index is 0.621. The van der Waals surface area contributed by atoms with Gasteiger partial charge in [0, 0.05) is 11.3 Å². The van der Waals surface area contributed by atoms with Gasteiger partial charge in [-0.2, -0.15) is 5.10 Å². The zero-order chi connectivity index (χ0) is 13.9. The Balaban J connectivity index is 1.79. The normalized spacial score (nSPS) is 15.8. The van der Waals surface area contributed by atoms with E-state index in [-0.39, 0.29) is 0 Å². The van der Waals surface area contributed by atoms with E-state index in [2.05, 4.69) is 41.4 Å². The number of aromatic nitrogens is 2. The maximum absolute atomic E-state index is 6.05. The number of benzene rings is 1. The molecule has 0 bridgehead atoms. The molecule has 0 unspecified atom stereocenters. The Labute approximate surface area is 120 Å². The van der Waals surface area contributed by atoms with E-state index in [0.717, 1.165) is 17.9 Å². The molecule has 1 aliphatic carbocycles. The summed E-state index contributed by atoms with van der Waals surface area (Å²) in [5.41, 5.74) is 10.8. The fourth-order valence-electron chi connectivity index (χ4n) is 3.26. The second-order valence-electron chi connectivity index (χ2n) is 6.02. The van der Waals surface area contributed by atoms with Gasteiger partial charge in [-0.25, -0.2) is 0 Å². The van der Waals surface area contributed by atoms with Crippen LogP contribution < -0.4 is 5.73 Å². The molecule has 1 aromatic heterocycles. The molecule has 3 N–H and O–H groups in total. The second kappa shape index (κ2) is 5.70. The van der Waals surface area contributed by atoms with Crippen LogP contribution in [-0.4, -0.2) is 10.2 Å². The average molecular weight is 269 g/mol. The highest BCUT2D eigenvalue weighted by molar-refractivity contribution is 5.76. The van der Waals surface area contributed by atoms with Gasteiger partial charge < -0.3 is 5.73 Å². The standard InChI is InChI=1S/C17H23N3/c1-12-6-9-14(10-7-12)16-15(19-20-17(16)18)11-8-13-4-2-3-5-13/h6-7,9-10,13H,2-5,8,11H2,1H3,(H3,18,19,20). The summed E-state index contributed by atoms with van der Waals surface area (Å²) in [6.07, 6.45) is 7.90. The molecule has 1 saturated carbocycles. The van der Waals surface area contributed by atoms with E-state index in [1.807, 2.05) is 0 Å². The van der Waals surface area contributed by atoms with E-state index in [1.54, 1.807) is 0 Å². The zero-order valence-electron chi connectivity index (χ0n) is 12.2. The lowest BCUT2D eigenvalue weighted by molar-refractivity contribution is 0.501. The molecule has 0 spiro atoms. The number of aromatic amines is 1. The van der Waals surface area contributed by atoms with Gasteiger partial charge in [0.1, 0.15) is 0 Å². The molecule has 3 nitrogen and oxygen atoms in total. The van der Waals surface area contributed by atoms with Gasteiger partial charge in [-0.05, 0) is 31.2 Å². The van der Waals surface area contributed by atoms with Crippen molar-refractivity contribution in [1.82, 2.24) is 10.2 Å². The van der Waals surface area contributed by atoms with E-state index in [0.29, 0.717) is 5.82 Å². The lowest BCUT2D eigenvalue weighted by Crippen LogP contribution is -1.98. The summed E-state index contributed by atoms with van der Waals surface area (Å²) in [5.74, 6) is 1.51. The van der Waals surface area contributed by atoms with Gasteiger partial charge in [-0.1, -0.05) is 55.5 Å². The first kappa shape index (κ1) is 13.2. The monoisotopic (exact) mass is 269 g/mol. The van der Waals surface area contributed by atoms with Crippen LogP contribution in [0.2, 0.25) is 0 Å². The molecule has 0 saturated heterocycles. The number of anilines is 1. The lowest BCUT2D eigenvalue weighted by atomic mass is 9.96. The Hall–Kier alpha value is -1.77. The number of nitrogens with zero attached hydrogens (tertiary/aromatic N) is 1. The van der Waals surface area contributed by atoms with E-state index < -0.39 is 0 Å². The summed E-state index contributed by atoms with van der Waals surface area (Å²) in [4.78, 5) is 0. The predicted molar refractivity (Wildman–Crippen MR) is 83.5 cm³/mol. The Morgan fingerprint density at radius 2 is 1.90 bits per heavy atom. The number of H-pyrrole nitrogens is 1. The third kappa shape index (κ3) is 2.72. The molecule has 20 heavy (non-hydrogen) atoms. The van der Waals surface area contributed by atoms with Crippen LogP contribution in [0.3, 0.4) is 0 Å². The number of rotatable bonds is 4. The molecule has 1 heterocycles. The molecule has 0 aliphatic heterocycles. The van der Waals surface area contributed by atoms with Crippen LogP contribution in [-0.2, 0) is 6.42 Å². The van der Waals surface area contributed by atoms with Gasteiger partial charge in [0.05, 0.1) is 0 Å². The van der Waals surface area contributed by atoms with Gasteiger partial charge in [0.15, 0.2) is 5.82 Å². The van der Waals surface area contributed by atoms with Crippen molar-refractivity contribution in [3.8, 4) is 11.1 Å². The Morgan fingerprint density at radius 3 is 2.60 bits per heavy atom. The van der Waals surface area contributed by atoms with Crippen LogP contribution in [0.1, 0.15) is 43.4 Å². The molecule has 3 rings (SSSR count). The molecule has 1 aromatic carbocycles. The predicted octanol–water partition coefficient (Wildman–Crippen LogP) is 4.09. The molecule has 0 amide bonds. The highest BCUT2D eigenvalue weighted by Crippen LogP contribution is 2.32. The van der Waals surface area contributed by atoms with Crippen molar-refractivity contribution < 1.29 is 0 Å². The maximum atomic E-state index is 6.05. The first-order chi connectivity index (χ1) is 9.74. The van der Waals surface area contributed by atoms with E-state index in [1.165, 1.54) is 48.9 Å². The topological polar surface area (TPSA) is 54.7 Å². The molecule has 1 aliphatic rings. The first-order valence-corrected chi connectivity index (χ1v) is 7.64. The van der Waals surface area contributed by atoms with E-state index in [4.69, 9.17) is 5.73 Å². The van der Waals surface area contributed by atoms with Gasteiger partial charge in [-0.3, -0.25) is 5.10 Å². The Morgan fingerprint density at radius 1 is 1.20 bits per heavy atom. The van der Waals surface area contributed by atoms with Crippen molar-refractivity contribution in [2.24, 2.45) is 5.92 Å². The largest absolute Gasteiger partial charge is 0.382 e. The number of nitrogens with one attached hydrogen (secondary N) is 1. The van der Waals surface area contributed by atoms with Crippen molar-refractivity contribution in [1.29, 1.82) is 0 Å². The quantitative estimate of drug-likeness (QED) is 0.878. The number of aryl methyl sites for hydroxylation is 2. The summed E-state index contributed by atoms with van der Waals surface area (Å²) in [6, 6.07) is 8.52. The third-order valence-corrected chi connectivity index (χ3v) is 4.49. The van der Waals surface area contributed by atoms with Crippen LogP contribution in [0, 0.1) is 12.8 Å². The molecule has 0 atom stereocenters. The van der Waals surface area contributed by atoms with Gasteiger partial charge in [-0.15, -0.1) is 0 Å². The highest BCUT2D eigenvalue weighted by atomic mass is 15.2. The van der Waals surface area contributed by atoms with Crippen molar-refractivity contribution in [2.75, 3.05) is 5.73 Å². The summed E-state index contributed by atoms with van der Waals surface area (Å²) in [6.45, 7) is 2.10. The molecule has 0 radical (unpaired) electrons. The number of nitrogens with two attached hydrogens (primary N) is 1. The van der Waals surface area contributed by atoms with Crippen LogP contribution in [0.15, 0.2) is 24.3 Å². The molecular formula is C17H23N3.